The average molecular weight is 338 g/mol. The third-order valence-corrected chi connectivity index (χ3v) is 4.32. The highest BCUT2D eigenvalue weighted by molar-refractivity contribution is 5.85. The van der Waals surface area contributed by atoms with E-state index in [-0.39, 0.29) is 19.3 Å². The Labute approximate surface area is 142 Å². The van der Waals surface area contributed by atoms with Gasteiger partial charge in [0.15, 0.2) is 18.1 Å². The molecular weight excluding hydrogens is 324 g/mol. The van der Waals surface area contributed by atoms with E-state index >= 15 is 0 Å². The van der Waals surface area contributed by atoms with E-state index in [2.05, 4.69) is 4.98 Å². The van der Waals surface area contributed by atoms with Crippen LogP contribution < -0.4 is 14.2 Å². The molecular formula is C18H14N2O5. The van der Waals surface area contributed by atoms with Gasteiger partial charge in [0.25, 0.3) is 5.91 Å². The van der Waals surface area contributed by atoms with E-state index in [1.807, 2.05) is 24.3 Å². The van der Waals surface area contributed by atoms with Crippen molar-refractivity contribution in [3.63, 3.8) is 0 Å². The van der Waals surface area contributed by atoms with Crippen LogP contribution in [0.15, 0.2) is 41.0 Å². The number of fused-ring (bicyclic) bond motifs is 3. The molecule has 7 heteroatoms. The van der Waals surface area contributed by atoms with Crippen LogP contribution in [0.2, 0.25) is 0 Å². The summed E-state index contributed by atoms with van der Waals surface area (Å²) in [6, 6.07) is 9.36. The summed E-state index contributed by atoms with van der Waals surface area (Å²) >= 11 is 0. The highest BCUT2D eigenvalue weighted by Crippen LogP contribution is 2.37. The van der Waals surface area contributed by atoms with Gasteiger partial charge in [-0.2, -0.15) is 0 Å². The zero-order chi connectivity index (χ0) is 16.8. The molecule has 7 nitrogen and oxygen atoms in total. The number of rotatable bonds is 2. The second kappa shape index (κ2) is 5.41. The van der Waals surface area contributed by atoms with Crippen molar-refractivity contribution < 1.29 is 23.4 Å². The van der Waals surface area contributed by atoms with E-state index in [0.717, 1.165) is 22.2 Å². The van der Waals surface area contributed by atoms with Crippen molar-refractivity contribution in [3.05, 3.63) is 47.9 Å². The minimum Gasteiger partial charge on any atom is -0.467 e. The average Bonchev–Trinajstić information content (AvgIpc) is 3.25. The number of furan rings is 1. The van der Waals surface area contributed by atoms with Gasteiger partial charge in [-0.3, -0.25) is 4.79 Å². The lowest BCUT2D eigenvalue weighted by atomic mass is 10.1. The molecule has 0 unspecified atom stereocenters. The van der Waals surface area contributed by atoms with Gasteiger partial charge in [-0.15, -0.1) is 0 Å². The first kappa shape index (κ1) is 14.2. The van der Waals surface area contributed by atoms with Gasteiger partial charge in [-0.05, 0) is 24.3 Å². The van der Waals surface area contributed by atoms with Gasteiger partial charge >= 0.3 is 0 Å². The molecule has 0 fully saturated rings. The van der Waals surface area contributed by atoms with E-state index in [4.69, 9.17) is 18.6 Å². The Morgan fingerprint density at radius 1 is 1.12 bits per heavy atom. The summed E-state index contributed by atoms with van der Waals surface area (Å²) in [5, 5.41) is 0.916. The van der Waals surface area contributed by atoms with E-state index in [1.165, 1.54) is 0 Å². The third kappa shape index (κ3) is 2.44. The number of hydrogen-bond acceptors (Lipinski definition) is 6. The van der Waals surface area contributed by atoms with E-state index in [9.17, 15) is 4.79 Å². The summed E-state index contributed by atoms with van der Waals surface area (Å²) in [6.45, 7) is 0.976. The Kier molecular flexibility index (Phi) is 3.06. The van der Waals surface area contributed by atoms with Crippen LogP contribution in [0, 0.1) is 0 Å². The molecule has 0 N–H and O–H groups in total. The van der Waals surface area contributed by atoms with Crippen molar-refractivity contribution in [2.24, 2.45) is 0 Å². The Balaban J connectivity index is 1.53. The lowest BCUT2D eigenvalue weighted by Crippen LogP contribution is -2.31. The number of carbonyl (C=O) groups excluding carboxylic acids is 1. The van der Waals surface area contributed by atoms with Crippen LogP contribution in [0.5, 0.6) is 17.4 Å². The lowest BCUT2D eigenvalue weighted by Gasteiger charge is -2.18. The molecule has 0 atom stereocenters. The van der Waals surface area contributed by atoms with Gasteiger partial charge in [-0.25, -0.2) is 4.98 Å². The van der Waals surface area contributed by atoms with Gasteiger partial charge in [0.1, 0.15) is 5.76 Å². The first-order valence-corrected chi connectivity index (χ1v) is 7.92. The van der Waals surface area contributed by atoms with Crippen molar-refractivity contribution in [2.75, 3.05) is 13.4 Å². The summed E-state index contributed by atoms with van der Waals surface area (Å²) in [6.07, 6.45) is 1.60. The van der Waals surface area contributed by atoms with E-state index in [0.29, 0.717) is 30.5 Å². The topological polar surface area (TPSA) is 74.0 Å². The normalized spacial score (nSPS) is 15.8. The number of amides is 1. The molecule has 1 amide bonds. The Morgan fingerprint density at radius 2 is 2.00 bits per heavy atom. The zero-order valence-electron chi connectivity index (χ0n) is 13.2. The predicted molar refractivity (Wildman–Crippen MR) is 86.3 cm³/mol. The molecule has 1 aromatic carbocycles. The molecule has 25 heavy (non-hydrogen) atoms. The van der Waals surface area contributed by atoms with Crippen molar-refractivity contribution in [2.45, 2.75) is 13.1 Å². The van der Waals surface area contributed by atoms with Crippen molar-refractivity contribution >= 4 is 16.8 Å². The van der Waals surface area contributed by atoms with Crippen LogP contribution in [0.4, 0.5) is 0 Å². The quantitative estimate of drug-likeness (QED) is 0.715. The van der Waals surface area contributed by atoms with Crippen LogP contribution in [-0.2, 0) is 17.9 Å². The van der Waals surface area contributed by atoms with Gasteiger partial charge < -0.3 is 23.5 Å². The number of aromatic nitrogens is 1. The molecule has 126 valence electrons. The number of carbonyl (C=O) groups is 1. The molecule has 2 aliphatic rings. The minimum absolute atomic E-state index is 0.0449. The summed E-state index contributed by atoms with van der Waals surface area (Å²) in [4.78, 5) is 18.6. The fourth-order valence-corrected chi connectivity index (χ4v) is 3.08. The third-order valence-electron chi connectivity index (χ3n) is 4.32. The van der Waals surface area contributed by atoms with Crippen LogP contribution >= 0.6 is 0 Å². The Morgan fingerprint density at radius 3 is 2.84 bits per heavy atom. The maximum absolute atomic E-state index is 12.4. The second-order valence-electron chi connectivity index (χ2n) is 5.97. The van der Waals surface area contributed by atoms with Gasteiger partial charge in [0, 0.05) is 17.0 Å². The van der Waals surface area contributed by atoms with Crippen molar-refractivity contribution in [1.82, 2.24) is 9.88 Å². The van der Waals surface area contributed by atoms with Crippen LogP contribution in [0.1, 0.15) is 11.3 Å². The molecule has 5 rings (SSSR count). The summed E-state index contributed by atoms with van der Waals surface area (Å²) in [7, 11) is 0. The molecule has 0 radical (unpaired) electrons. The smallest absolute Gasteiger partial charge is 0.261 e. The molecule has 2 aromatic heterocycles. The fourth-order valence-electron chi connectivity index (χ4n) is 3.08. The lowest BCUT2D eigenvalue weighted by molar-refractivity contribution is -0.134. The number of hydrogen-bond donors (Lipinski definition) is 0. The molecule has 3 aromatic rings. The van der Waals surface area contributed by atoms with E-state index in [1.54, 1.807) is 17.2 Å². The standard InChI is InChI=1S/C18H14N2O5/c21-17-9-23-18-12(7-20(17)8-13-2-1-3-22-13)4-11-5-15-16(25-10-24-15)6-14(11)19-18/h1-6H,7-10H2. The number of nitrogens with zero attached hydrogens (tertiary/aromatic N) is 2. The van der Waals surface area contributed by atoms with Crippen molar-refractivity contribution in [1.29, 1.82) is 0 Å². The monoisotopic (exact) mass is 338 g/mol. The first-order chi connectivity index (χ1) is 12.3. The minimum atomic E-state index is -0.104. The zero-order valence-corrected chi connectivity index (χ0v) is 13.2. The second-order valence-corrected chi connectivity index (χ2v) is 5.97. The largest absolute Gasteiger partial charge is 0.467 e. The maximum Gasteiger partial charge on any atom is 0.261 e. The molecule has 0 saturated heterocycles. The fraction of sp³-hybridized carbons (Fsp3) is 0.222. The molecule has 2 aliphatic heterocycles. The molecule has 0 saturated carbocycles. The maximum atomic E-state index is 12.4. The summed E-state index contributed by atoms with van der Waals surface area (Å²) in [5.41, 5.74) is 1.60. The van der Waals surface area contributed by atoms with Gasteiger partial charge in [0.05, 0.1) is 24.9 Å². The summed E-state index contributed by atoms with van der Waals surface area (Å²) in [5.74, 6) is 2.47. The molecule has 4 heterocycles. The summed E-state index contributed by atoms with van der Waals surface area (Å²) < 4.78 is 21.8. The van der Waals surface area contributed by atoms with Crippen LogP contribution in [0.3, 0.4) is 0 Å². The number of ether oxygens (including phenoxy) is 3. The number of benzene rings is 1. The molecule has 0 bridgehead atoms. The van der Waals surface area contributed by atoms with Crippen molar-refractivity contribution in [3.8, 4) is 17.4 Å². The van der Waals surface area contributed by atoms with Crippen LogP contribution in [0.25, 0.3) is 10.9 Å². The van der Waals surface area contributed by atoms with Gasteiger partial charge in [-0.1, -0.05) is 0 Å². The highest BCUT2D eigenvalue weighted by atomic mass is 16.7. The SMILES string of the molecule is O=C1COc2nc3cc4c(cc3cc2CN1Cc1ccco1)OCO4. The van der Waals surface area contributed by atoms with Gasteiger partial charge in [0.2, 0.25) is 12.7 Å². The molecule has 0 aliphatic carbocycles. The predicted octanol–water partition coefficient (Wildman–Crippen LogP) is 2.48. The Bertz CT molecular complexity index is 967. The van der Waals surface area contributed by atoms with E-state index < -0.39 is 0 Å². The number of pyridine rings is 1. The first-order valence-electron chi connectivity index (χ1n) is 7.92. The van der Waals surface area contributed by atoms with Crippen LogP contribution in [-0.4, -0.2) is 29.2 Å². The highest BCUT2D eigenvalue weighted by Gasteiger charge is 2.24. The Hall–Kier alpha value is -3.22. The molecule has 0 spiro atoms.